The third-order valence-corrected chi connectivity index (χ3v) is 4.94. The molecule has 0 heterocycles. The molecule has 1 atom stereocenters. The Balaban J connectivity index is 1.90. The van der Waals surface area contributed by atoms with Gasteiger partial charge in [-0.1, -0.05) is 18.2 Å². The number of nitrogens with two attached hydrogens (primary N) is 2. The SMILES string of the molecule is NCCCNCCCCNCCCNC(=O)C(N)CCCCNC(=O)c1ccccc1. The number of benzene rings is 1. The van der Waals surface area contributed by atoms with Gasteiger partial charge in [-0.2, -0.15) is 0 Å². The van der Waals surface area contributed by atoms with Crippen molar-refractivity contribution < 1.29 is 9.59 Å². The second-order valence-corrected chi connectivity index (χ2v) is 7.72. The van der Waals surface area contributed by atoms with E-state index in [4.69, 9.17) is 11.5 Å². The van der Waals surface area contributed by atoms with Crippen LogP contribution in [0.1, 0.15) is 55.3 Å². The molecular formula is C23H42N6O2. The fourth-order valence-electron chi connectivity index (χ4n) is 3.05. The predicted molar refractivity (Wildman–Crippen MR) is 127 cm³/mol. The summed E-state index contributed by atoms with van der Waals surface area (Å²) in [5.41, 5.74) is 12.1. The lowest BCUT2D eigenvalue weighted by Gasteiger charge is -2.12. The Bertz CT molecular complexity index is 585. The lowest BCUT2D eigenvalue weighted by molar-refractivity contribution is -0.122. The van der Waals surface area contributed by atoms with E-state index >= 15 is 0 Å². The van der Waals surface area contributed by atoms with Crippen LogP contribution in [0.4, 0.5) is 0 Å². The van der Waals surface area contributed by atoms with Gasteiger partial charge in [0.2, 0.25) is 5.91 Å². The first-order chi connectivity index (χ1) is 15.1. The maximum absolute atomic E-state index is 12.0. The van der Waals surface area contributed by atoms with Gasteiger partial charge in [-0.15, -0.1) is 0 Å². The van der Waals surface area contributed by atoms with Crippen molar-refractivity contribution in [2.45, 2.75) is 51.0 Å². The van der Waals surface area contributed by atoms with Crippen molar-refractivity contribution in [1.82, 2.24) is 21.3 Å². The number of nitrogens with one attached hydrogen (secondary N) is 4. The lowest BCUT2D eigenvalue weighted by atomic mass is 10.1. The van der Waals surface area contributed by atoms with E-state index in [2.05, 4.69) is 21.3 Å². The standard InChI is InChI=1S/C23H42N6O2/c24-13-8-16-26-14-6-7-15-27-17-9-19-29-23(31)21(25)12-4-5-18-28-22(30)20-10-2-1-3-11-20/h1-3,10-11,21,26-27H,4-9,12-19,24-25H2,(H,28,30)(H,29,31). The molecule has 0 aliphatic rings. The summed E-state index contributed by atoms with van der Waals surface area (Å²) in [4.78, 5) is 24.0. The van der Waals surface area contributed by atoms with Gasteiger partial charge in [-0.05, 0) is 89.8 Å². The van der Waals surface area contributed by atoms with Gasteiger partial charge in [0.15, 0.2) is 0 Å². The second kappa shape index (κ2) is 18.7. The summed E-state index contributed by atoms with van der Waals surface area (Å²) in [6.07, 6.45) is 6.42. The average molecular weight is 435 g/mol. The van der Waals surface area contributed by atoms with E-state index < -0.39 is 6.04 Å². The van der Waals surface area contributed by atoms with Gasteiger partial charge >= 0.3 is 0 Å². The van der Waals surface area contributed by atoms with Crippen molar-refractivity contribution in [2.75, 3.05) is 45.8 Å². The van der Waals surface area contributed by atoms with Gasteiger partial charge < -0.3 is 32.7 Å². The zero-order valence-electron chi connectivity index (χ0n) is 18.8. The zero-order valence-corrected chi connectivity index (χ0v) is 18.8. The summed E-state index contributed by atoms with van der Waals surface area (Å²) >= 11 is 0. The summed E-state index contributed by atoms with van der Waals surface area (Å²) in [5, 5.41) is 12.5. The van der Waals surface area contributed by atoms with Gasteiger partial charge in [-0.3, -0.25) is 9.59 Å². The summed E-state index contributed by atoms with van der Waals surface area (Å²) in [5.74, 6) is -0.174. The summed E-state index contributed by atoms with van der Waals surface area (Å²) in [6, 6.07) is 8.64. The normalized spacial score (nSPS) is 11.8. The van der Waals surface area contributed by atoms with Gasteiger partial charge in [0, 0.05) is 18.7 Å². The molecule has 8 heteroatoms. The third-order valence-electron chi connectivity index (χ3n) is 4.94. The van der Waals surface area contributed by atoms with E-state index in [0.29, 0.717) is 25.1 Å². The molecule has 0 bridgehead atoms. The summed E-state index contributed by atoms with van der Waals surface area (Å²) in [6.45, 7) is 5.87. The van der Waals surface area contributed by atoms with E-state index in [1.165, 1.54) is 0 Å². The van der Waals surface area contributed by atoms with Crippen molar-refractivity contribution in [3.05, 3.63) is 35.9 Å². The Hall–Kier alpha value is -2.00. The van der Waals surface area contributed by atoms with Gasteiger partial charge in [0.1, 0.15) is 0 Å². The molecule has 176 valence electrons. The largest absolute Gasteiger partial charge is 0.355 e. The highest BCUT2D eigenvalue weighted by Gasteiger charge is 2.12. The van der Waals surface area contributed by atoms with E-state index in [0.717, 1.165) is 71.2 Å². The minimum Gasteiger partial charge on any atom is -0.355 e. The molecule has 8 N–H and O–H groups in total. The Labute approximate surface area is 187 Å². The van der Waals surface area contributed by atoms with Crippen LogP contribution in [-0.2, 0) is 4.79 Å². The minimum atomic E-state index is -0.496. The molecule has 0 aromatic heterocycles. The number of carbonyl (C=O) groups is 2. The molecule has 2 amide bonds. The zero-order chi connectivity index (χ0) is 22.6. The van der Waals surface area contributed by atoms with Crippen molar-refractivity contribution in [1.29, 1.82) is 0 Å². The molecule has 1 aromatic carbocycles. The molecule has 1 aromatic rings. The molecule has 31 heavy (non-hydrogen) atoms. The third kappa shape index (κ3) is 14.6. The van der Waals surface area contributed by atoms with Crippen LogP contribution in [0.2, 0.25) is 0 Å². The number of hydrogen-bond acceptors (Lipinski definition) is 6. The highest BCUT2D eigenvalue weighted by Crippen LogP contribution is 2.01. The van der Waals surface area contributed by atoms with Gasteiger partial charge in [0.05, 0.1) is 6.04 Å². The van der Waals surface area contributed by atoms with Crippen LogP contribution in [-0.4, -0.2) is 63.7 Å². The highest BCUT2D eigenvalue weighted by molar-refractivity contribution is 5.94. The smallest absolute Gasteiger partial charge is 0.251 e. The first-order valence-corrected chi connectivity index (χ1v) is 11.6. The number of hydrogen-bond donors (Lipinski definition) is 6. The van der Waals surface area contributed by atoms with Gasteiger partial charge in [0.25, 0.3) is 5.91 Å². The molecule has 8 nitrogen and oxygen atoms in total. The van der Waals surface area contributed by atoms with Crippen molar-refractivity contribution in [2.24, 2.45) is 11.5 Å². The molecule has 1 rings (SSSR count). The van der Waals surface area contributed by atoms with Crippen molar-refractivity contribution >= 4 is 11.8 Å². The average Bonchev–Trinajstić information content (AvgIpc) is 2.79. The number of amides is 2. The number of unbranched alkanes of at least 4 members (excludes halogenated alkanes) is 2. The van der Waals surface area contributed by atoms with E-state index in [1.807, 2.05) is 18.2 Å². The molecule has 0 fully saturated rings. The maximum atomic E-state index is 12.0. The predicted octanol–water partition coefficient (Wildman–Crippen LogP) is 0.729. The van der Waals surface area contributed by atoms with E-state index in [9.17, 15) is 9.59 Å². The van der Waals surface area contributed by atoms with E-state index in [1.54, 1.807) is 12.1 Å². The lowest BCUT2D eigenvalue weighted by Crippen LogP contribution is -2.41. The van der Waals surface area contributed by atoms with Crippen molar-refractivity contribution in [3.8, 4) is 0 Å². The fraction of sp³-hybridized carbons (Fsp3) is 0.652. The maximum Gasteiger partial charge on any atom is 0.251 e. The van der Waals surface area contributed by atoms with Crippen LogP contribution in [0, 0.1) is 0 Å². The van der Waals surface area contributed by atoms with Gasteiger partial charge in [-0.25, -0.2) is 0 Å². The minimum absolute atomic E-state index is 0.0737. The Morgan fingerprint density at radius 3 is 2.00 bits per heavy atom. The van der Waals surface area contributed by atoms with Crippen molar-refractivity contribution in [3.63, 3.8) is 0 Å². The number of rotatable bonds is 19. The number of carbonyl (C=O) groups excluding carboxylic acids is 2. The monoisotopic (exact) mass is 434 g/mol. The molecule has 0 saturated carbocycles. The van der Waals surface area contributed by atoms with Crippen LogP contribution in [0.5, 0.6) is 0 Å². The first-order valence-electron chi connectivity index (χ1n) is 11.6. The Kier molecular flexibility index (Phi) is 16.3. The second-order valence-electron chi connectivity index (χ2n) is 7.72. The first kappa shape index (κ1) is 27.0. The molecule has 0 radical (unpaired) electrons. The molecular weight excluding hydrogens is 392 g/mol. The molecule has 0 saturated heterocycles. The van der Waals surface area contributed by atoms with Crippen LogP contribution in [0.3, 0.4) is 0 Å². The Morgan fingerprint density at radius 2 is 1.32 bits per heavy atom. The molecule has 0 aliphatic carbocycles. The highest BCUT2D eigenvalue weighted by atomic mass is 16.2. The van der Waals surface area contributed by atoms with E-state index in [-0.39, 0.29) is 11.8 Å². The van der Waals surface area contributed by atoms with Crippen LogP contribution >= 0.6 is 0 Å². The topological polar surface area (TPSA) is 134 Å². The molecule has 1 unspecified atom stereocenters. The quantitative estimate of drug-likeness (QED) is 0.178. The molecule has 0 aliphatic heterocycles. The Morgan fingerprint density at radius 1 is 0.742 bits per heavy atom. The fourth-order valence-corrected chi connectivity index (χ4v) is 3.05. The van der Waals surface area contributed by atoms with Crippen LogP contribution < -0.4 is 32.7 Å². The van der Waals surface area contributed by atoms with Crippen LogP contribution in [0.25, 0.3) is 0 Å². The summed E-state index contributed by atoms with van der Waals surface area (Å²) in [7, 11) is 0. The molecule has 0 spiro atoms. The summed E-state index contributed by atoms with van der Waals surface area (Å²) < 4.78 is 0. The van der Waals surface area contributed by atoms with Crippen LogP contribution in [0.15, 0.2) is 30.3 Å².